The molecule has 1 amide bonds. The summed E-state index contributed by atoms with van der Waals surface area (Å²) < 4.78 is 12.7. The number of benzene rings is 2. The van der Waals surface area contributed by atoms with Gasteiger partial charge in [0, 0.05) is 34.2 Å². The number of nitrogens with zero attached hydrogens (tertiary/aromatic N) is 5. The number of halogens is 2. The first-order chi connectivity index (χ1) is 17.9. The predicted octanol–water partition coefficient (Wildman–Crippen LogP) is 5.45. The standard InChI is InChI=1S/C23H18Cl2N6O5S/c1-2-30-22(19-4-3-9-35-19)28-29-23(30)37-20-8-6-16(31(33)34)10-14(20)12-26-27-21(32)13-36-18-7-5-15(24)11-17(18)25/h3-12H,2,13H2,1H3,(H,27,32)/b26-12-. The van der Waals surface area contributed by atoms with E-state index in [2.05, 4.69) is 20.7 Å². The van der Waals surface area contributed by atoms with Gasteiger partial charge in [0.1, 0.15) is 5.75 Å². The van der Waals surface area contributed by atoms with Crippen LogP contribution < -0.4 is 10.2 Å². The Morgan fingerprint density at radius 2 is 2.11 bits per heavy atom. The molecule has 0 aliphatic heterocycles. The molecule has 1 N–H and O–H groups in total. The number of carbonyl (C=O) groups excluding carboxylic acids is 1. The van der Waals surface area contributed by atoms with Crippen molar-refractivity contribution in [2.24, 2.45) is 5.10 Å². The molecule has 0 unspecified atom stereocenters. The number of nitro benzene ring substituents is 1. The van der Waals surface area contributed by atoms with E-state index in [9.17, 15) is 14.9 Å². The first kappa shape index (κ1) is 26.2. The smallest absolute Gasteiger partial charge is 0.277 e. The highest BCUT2D eigenvalue weighted by Crippen LogP contribution is 2.33. The molecule has 37 heavy (non-hydrogen) atoms. The minimum Gasteiger partial charge on any atom is -0.482 e. The van der Waals surface area contributed by atoms with Crippen LogP contribution in [0.2, 0.25) is 10.0 Å². The van der Waals surface area contributed by atoms with Gasteiger partial charge in [-0.1, -0.05) is 23.2 Å². The van der Waals surface area contributed by atoms with Crippen LogP contribution in [0.15, 0.2) is 74.4 Å². The van der Waals surface area contributed by atoms with Crippen molar-refractivity contribution in [2.75, 3.05) is 6.61 Å². The third-order valence-corrected chi connectivity index (χ3v) is 6.43. The maximum Gasteiger partial charge on any atom is 0.277 e. The van der Waals surface area contributed by atoms with Gasteiger partial charge in [-0.15, -0.1) is 10.2 Å². The van der Waals surface area contributed by atoms with E-state index in [4.69, 9.17) is 32.4 Å². The van der Waals surface area contributed by atoms with Gasteiger partial charge in [-0.2, -0.15) is 5.10 Å². The Morgan fingerprint density at radius 1 is 1.27 bits per heavy atom. The molecule has 0 aliphatic carbocycles. The number of rotatable bonds is 10. The molecule has 0 atom stereocenters. The summed E-state index contributed by atoms with van der Waals surface area (Å²) in [5, 5.41) is 25.0. The Kier molecular flexibility index (Phi) is 8.43. The van der Waals surface area contributed by atoms with Gasteiger partial charge >= 0.3 is 0 Å². The highest BCUT2D eigenvalue weighted by Gasteiger charge is 2.18. The third-order valence-electron chi connectivity index (χ3n) is 4.83. The fourth-order valence-corrected chi connectivity index (χ4v) is 4.55. The van der Waals surface area contributed by atoms with Crippen LogP contribution in [0.3, 0.4) is 0 Å². The maximum absolute atomic E-state index is 12.2. The van der Waals surface area contributed by atoms with Gasteiger partial charge < -0.3 is 9.15 Å². The Labute approximate surface area is 224 Å². The number of furan rings is 1. The van der Waals surface area contributed by atoms with Gasteiger partial charge in [-0.05, 0) is 55.1 Å². The van der Waals surface area contributed by atoms with E-state index in [0.717, 1.165) is 0 Å². The van der Waals surface area contributed by atoms with E-state index < -0.39 is 10.8 Å². The summed E-state index contributed by atoms with van der Waals surface area (Å²) in [5.41, 5.74) is 2.59. The van der Waals surface area contributed by atoms with E-state index in [-0.39, 0.29) is 23.1 Å². The summed E-state index contributed by atoms with van der Waals surface area (Å²) in [5.74, 6) is 0.851. The lowest BCUT2D eigenvalue weighted by atomic mass is 10.2. The Hall–Kier alpha value is -3.87. The second-order valence-electron chi connectivity index (χ2n) is 7.27. The molecule has 11 nitrogen and oxygen atoms in total. The largest absolute Gasteiger partial charge is 0.482 e. The Morgan fingerprint density at radius 3 is 2.81 bits per heavy atom. The number of hydrogen-bond acceptors (Lipinski definition) is 9. The minimum atomic E-state index is -0.560. The summed E-state index contributed by atoms with van der Waals surface area (Å²) in [6, 6.07) is 12.5. The van der Waals surface area contributed by atoms with Crippen LogP contribution in [-0.2, 0) is 11.3 Å². The highest BCUT2D eigenvalue weighted by molar-refractivity contribution is 7.99. The number of aromatic nitrogens is 3. The van der Waals surface area contributed by atoms with Crippen molar-refractivity contribution in [1.29, 1.82) is 0 Å². The molecule has 0 aliphatic rings. The fraction of sp³-hybridized carbons (Fsp3) is 0.130. The summed E-state index contributed by atoms with van der Waals surface area (Å²) in [4.78, 5) is 23.6. The summed E-state index contributed by atoms with van der Waals surface area (Å²) in [6.07, 6.45) is 2.85. The Balaban J connectivity index is 1.49. The lowest BCUT2D eigenvalue weighted by Gasteiger charge is -2.08. The Bertz CT molecular complexity index is 1460. The SMILES string of the molecule is CCn1c(Sc2ccc([N+](=O)[O-])cc2/C=N\NC(=O)COc2ccc(Cl)cc2Cl)nnc1-c1ccco1. The van der Waals surface area contributed by atoms with Gasteiger partial charge in [-0.3, -0.25) is 19.5 Å². The van der Waals surface area contributed by atoms with E-state index in [1.54, 1.807) is 36.6 Å². The zero-order valence-electron chi connectivity index (χ0n) is 19.1. The van der Waals surface area contributed by atoms with Crippen molar-refractivity contribution >= 4 is 52.8 Å². The molecule has 4 aromatic rings. The highest BCUT2D eigenvalue weighted by atomic mass is 35.5. The predicted molar refractivity (Wildman–Crippen MR) is 138 cm³/mol. The molecule has 2 aromatic heterocycles. The number of ether oxygens (including phenoxy) is 1. The molecular formula is C23H18Cl2N6O5S. The molecule has 2 heterocycles. The van der Waals surface area contributed by atoms with Crippen molar-refractivity contribution in [3.05, 3.63) is 80.5 Å². The average Bonchev–Trinajstić information content (AvgIpc) is 3.54. The molecular weight excluding hydrogens is 543 g/mol. The molecule has 2 aromatic carbocycles. The van der Waals surface area contributed by atoms with Crippen LogP contribution >= 0.6 is 35.0 Å². The van der Waals surface area contributed by atoms with E-state index in [1.807, 2.05) is 11.5 Å². The van der Waals surface area contributed by atoms with Crippen LogP contribution in [-0.4, -0.2) is 38.4 Å². The van der Waals surface area contributed by atoms with E-state index in [0.29, 0.717) is 38.8 Å². The molecule has 0 bridgehead atoms. The van der Waals surface area contributed by atoms with Crippen LogP contribution in [0.4, 0.5) is 5.69 Å². The molecule has 0 saturated carbocycles. The van der Waals surface area contributed by atoms with Crippen molar-refractivity contribution in [3.8, 4) is 17.3 Å². The number of nitrogens with one attached hydrogen (secondary N) is 1. The van der Waals surface area contributed by atoms with Gasteiger partial charge in [0.15, 0.2) is 23.3 Å². The topological polar surface area (TPSA) is 138 Å². The first-order valence-corrected chi connectivity index (χ1v) is 12.3. The van der Waals surface area contributed by atoms with E-state index >= 15 is 0 Å². The molecule has 0 radical (unpaired) electrons. The molecule has 14 heteroatoms. The van der Waals surface area contributed by atoms with E-state index in [1.165, 1.54) is 36.2 Å². The van der Waals surface area contributed by atoms with Crippen molar-refractivity contribution in [2.45, 2.75) is 23.5 Å². The molecule has 0 spiro atoms. The normalized spacial score (nSPS) is 11.1. The van der Waals surface area contributed by atoms with Crippen LogP contribution in [0, 0.1) is 10.1 Å². The maximum atomic E-state index is 12.2. The van der Waals surface area contributed by atoms with Crippen molar-refractivity contribution in [3.63, 3.8) is 0 Å². The van der Waals surface area contributed by atoms with Gasteiger partial charge in [0.2, 0.25) is 0 Å². The molecule has 190 valence electrons. The van der Waals surface area contributed by atoms with Crippen molar-refractivity contribution < 1.29 is 18.9 Å². The number of carbonyl (C=O) groups is 1. The van der Waals surface area contributed by atoms with Crippen molar-refractivity contribution in [1.82, 2.24) is 20.2 Å². The zero-order valence-corrected chi connectivity index (χ0v) is 21.5. The quantitative estimate of drug-likeness (QED) is 0.153. The third kappa shape index (κ3) is 6.47. The summed E-state index contributed by atoms with van der Waals surface area (Å²) >= 11 is 13.1. The second-order valence-corrected chi connectivity index (χ2v) is 9.12. The van der Waals surface area contributed by atoms with Crippen LogP contribution in [0.1, 0.15) is 12.5 Å². The number of hydrogen-bond donors (Lipinski definition) is 1. The van der Waals surface area contributed by atoms with Crippen LogP contribution in [0.25, 0.3) is 11.6 Å². The molecule has 0 saturated heterocycles. The van der Waals surface area contributed by atoms with Gasteiger partial charge in [0.25, 0.3) is 11.6 Å². The monoisotopic (exact) mass is 560 g/mol. The first-order valence-electron chi connectivity index (χ1n) is 10.7. The molecule has 0 fully saturated rings. The summed E-state index contributed by atoms with van der Waals surface area (Å²) in [7, 11) is 0. The fourth-order valence-electron chi connectivity index (χ4n) is 3.12. The second kappa shape index (κ2) is 11.9. The number of nitro groups is 1. The summed E-state index contributed by atoms with van der Waals surface area (Å²) in [6.45, 7) is 2.15. The van der Waals surface area contributed by atoms with Gasteiger partial charge in [-0.25, -0.2) is 5.43 Å². The lowest BCUT2D eigenvalue weighted by Crippen LogP contribution is -2.24. The van der Waals surface area contributed by atoms with Gasteiger partial charge in [0.05, 0.1) is 22.4 Å². The lowest BCUT2D eigenvalue weighted by molar-refractivity contribution is -0.384. The molecule has 4 rings (SSSR count). The zero-order chi connectivity index (χ0) is 26.4. The van der Waals surface area contributed by atoms with Crippen LogP contribution in [0.5, 0.6) is 5.75 Å². The number of non-ortho nitro benzene ring substituents is 1. The minimum absolute atomic E-state index is 0.133. The average molecular weight is 561 g/mol. The number of amides is 1. The number of hydrazone groups is 1.